The van der Waals surface area contributed by atoms with E-state index in [1.807, 2.05) is 44.2 Å². The van der Waals surface area contributed by atoms with Crippen LogP contribution in [0, 0.1) is 0 Å². The maximum absolute atomic E-state index is 11.9. The van der Waals surface area contributed by atoms with E-state index < -0.39 is 0 Å². The van der Waals surface area contributed by atoms with Gasteiger partial charge in [0, 0.05) is 16.7 Å². The Labute approximate surface area is 106 Å². The zero-order valence-electron chi connectivity index (χ0n) is 10.4. The van der Waals surface area contributed by atoms with Crippen molar-refractivity contribution in [3.8, 4) is 0 Å². The van der Waals surface area contributed by atoms with Crippen LogP contribution < -0.4 is 5.32 Å². The number of fused-ring (bicyclic) bond motifs is 3. The van der Waals surface area contributed by atoms with E-state index in [9.17, 15) is 4.79 Å². The van der Waals surface area contributed by atoms with E-state index in [1.54, 1.807) is 0 Å². The van der Waals surface area contributed by atoms with Gasteiger partial charge < -0.3 is 5.32 Å². The van der Waals surface area contributed by atoms with Gasteiger partial charge >= 0.3 is 0 Å². The molecule has 0 spiro atoms. The fourth-order valence-electron chi connectivity index (χ4n) is 2.35. The van der Waals surface area contributed by atoms with E-state index in [4.69, 9.17) is 0 Å². The van der Waals surface area contributed by atoms with Crippen LogP contribution in [0.15, 0.2) is 41.4 Å². The number of anilines is 1. The first-order chi connectivity index (χ1) is 8.66. The summed E-state index contributed by atoms with van der Waals surface area (Å²) in [7, 11) is 0. The largest absolute Gasteiger partial charge is 0.323 e. The lowest BCUT2D eigenvalue weighted by atomic mass is 10.0. The molecule has 1 N–H and O–H groups in total. The van der Waals surface area contributed by atoms with Gasteiger partial charge in [-0.3, -0.25) is 9.79 Å². The van der Waals surface area contributed by atoms with Gasteiger partial charge in [-0.2, -0.15) is 0 Å². The molecule has 3 nitrogen and oxygen atoms in total. The number of carbonyl (C=O) groups is 1. The van der Waals surface area contributed by atoms with Gasteiger partial charge in [0.25, 0.3) is 0 Å². The molecule has 1 aliphatic heterocycles. The van der Waals surface area contributed by atoms with Crippen LogP contribution in [-0.2, 0) is 4.79 Å². The summed E-state index contributed by atoms with van der Waals surface area (Å²) in [4.78, 5) is 16.4. The summed E-state index contributed by atoms with van der Waals surface area (Å²) in [6.45, 7) is 3.76. The van der Waals surface area contributed by atoms with Crippen LogP contribution in [0.3, 0.4) is 0 Å². The number of aliphatic imine (C=N–C) groups is 1. The number of carbonyl (C=O) groups excluding carboxylic acids is 1. The lowest BCUT2D eigenvalue weighted by Crippen LogP contribution is -2.22. The van der Waals surface area contributed by atoms with Gasteiger partial charge in [-0.1, -0.05) is 36.4 Å². The lowest BCUT2D eigenvalue weighted by Gasteiger charge is -2.11. The summed E-state index contributed by atoms with van der Waals surface area (Å²) in [5, 5.41) is 5.18. The van der Waals surface area contributed by atoms with E-state index in [-0.39, 0.29) is 11.9 Å². The molecule has 1 amide bonds. The van der Waals surface area contributed by atoms with Crippen molar-refractivity contribution in [1.29, 1.82) is 0 Å². The molecule has 90 valence electrons. The van der Waals surface area contributed by atoms with Crippen molar-refractivity contribution < 1.29 is 4.79 Å². The number of hydrogen-bond donors (Lipinski definition) is 1. The highest BCUT2D eigenvalue weighted by Gasteiger charge is 2.20. The van der Waals surface area contributed by atoms with Gasteiger partial charge in [0.1, 0.15) is 6.04 Å². The minimum absolute atomic E-state index is 0.0514. The Kier molecular flexibility index (Phi) is 2.40. The van der Waals surface area contributed by atoms with E-state index in [0.717, 1.165) is 27.7 Å². The van der Waals surface area contributed by atoms with Gasteiger partial charge in [0.15, 0.2) is 0 Å². The Bertz CT molecular complexity index is 673. The highest BCUT2D eigenvalue weighted by molar-refractivity contribution is 6.17. The second-order valence-corrected chi connectivity index (χ2v) is 4.59. The average Bonchev–Trinajstić information content (AvgIpc) is 2.48. The first-order valence-electron chi connectivity index (χ1n) is 6.04. The van der Waals surface area contributed by atoms with Crippen LogP contribution in [-0.4, -0.2) is 17.7 Å². The van der Waals surface area contributed by atoms with Gasteiger partial charge in [-0.05, 0) is 19.2 Å². The first-order valence-corrected chi connectivity index (χ1v) is 6.04. The predicted molar refractivity (Wildman–Crippen MR) is 74.3 cm³/mol. The quantitative estimate of drug-likeness (QED) is 0.753. The summed E-state index contributed by atoms with van der Waals surface area (Å²) >= 11 is 0. The third-order valence-corrected chi connectivity index (χ3v) is 3.33. The minimum Gasteiger partial charge on any atom is -0.323 e. The molecule has 0 aromatic heterocycles. The number of amides is 1. The summed E-state index contributed by atoms with van der Waals surface area (Å²) in [6.07, 6.45) is 0. The molecule has 3 rings (SSSR count). The molecule has 0 radical (unpaired) electrons. The molecule has 0 saturated carbocycles. The first kappa shape index (κ1) is 11.0. The third kappa shape index (κ3) is 1.59. The fourth-order valence-corrected chi connectivity index (χ4v) is 2.35. The van der Waals surface area contributed by atoms with Gasteiger partial charge in [0.2, 0.25) is 5.91 Å². The second-order valence-electron chi connectivity index (χ2n) is 4.59. The Morgan fingerprint density at radius 1 is 1.17 bits per heavy atom. The number of rotatable bonds is 0. The van der Waals surface area contributed by atoms with Gasteiger partial charge in [-0.15, -0.1) is 0 Å². The van der Waals surface area contributed by atoms with Crippen LogP contribution >= 0.6 is 0 Å². The summed E-state index contributed by atoms with van der Waals surface area (Å²) in [6, 6.07) is 11.8. The van der Waals surface area contributed by atoms with Crippen molar-refractivity contribution in [1.82, 2.24) is 0 Å². The number of benzene rings is 2. The molecular formula is C15H14N2O. The molecule has 2 aromatic rings. The lowest BCUT2D eigenvalue weighted by molar-refractivity contribution is -0.116. The monoisotopic (exact) mass is 238 g/mol. The molecule has 0 saturated heterocycles. The van der Waals surface area contributed by atoms with Crippen molar-refractivity contribution in [3.63, 3.8) is 0 Å². The molecule has 1 aliphatic rings. The zero-order chi connectivity index (χ0) is 12.7. The van der Waals surface area contributed by atoms with Gasteiger partial charge in [0.05, 0.1) is 5.69 Å². The molecule has 0 fully saturated rings. The topological polar surface area (TPSA) is 41.5 Å². The van der Waals surface area contributed by atoms with Crippen molar-refractivity contribution in [2.24, 2.45) is 4.99 Å². The molecular weight excluding hydrogens is 224 g/mol. The van der Waals surface area contributed by atoms with Crippen molar-refractivity contribution in [3.05, 3.63) is 42.0 Å². The molecule has 0 bridgehead atoms. The van der Waals surface area contributed by atoms with E-state index in [1.165, 1.54) is 0 Å². The third-order valence-electron chi connectivity index (χ3n) is 3.33. The van der Waals surface area contributed by atoms with E-state index in [0.29, 0.717) is 0 Å². The van der Waals surface area contributed by atoms with Crippen molar-refractivity contribution >= 4 is 28.1 Å². The molecule has 0 aliphatic carbocycles. The standard InChI is InChI=1S/C15H14N2O/c1-9-12-8-7-11-5-3-4-6-13(11)14(12)17-15(18)10(2)16-9/h3-8,10H,1-2H3,(H,17,18). The van der Waals surface area contributed by atoms with E-state index >= 15 is 0 Å². The Morgan fingerprint density at radius 3 is 2.78 bits per heavy atom. The fraction of sp³-hybridized carbons (Fsp3) is 0.200. The van der Waals surface area contributed by atoms with Crippen LogP contribution in [0.5, 0.6) is 0 Å². The summed E-state index contributed by atoms with van der Waals surface area (Å²) in [5.74, 6) is -0.0514. The number of hydrogen-bond acceptors (Lipinski definition) is 2. The molecule has 1 unspecified atom stereocenters. The molecule has 2 aromatic carbocycles. The highest BCUT2D eigenvalue weighted by Crippen LogP contribution is 2.30. The van der Waals surface area contributed by atoms with E-state index in [2.05, 4.69) is 16.4 Å². The second kappa shape index (κ2) is 3.95. The van der Waals surface area contributed by atoms with Crippen molar-refractivity contribution in [2.45, 2.75) is 19.9 Å². The number of nitrogens with zero attached hydrogens (tertiary/aromatic N) is 1. The summed E-state index contributed by atoms with van der Waals surface area (Å²) in [5.41, 5.74) is 2.79. The SMILES string of the molecule is CC1=NC(C)C(=O)Nc2c1ccc1ccccc21. The molecule has 1 heterocycles. The maximum Gasteiger partial charge on any atom is 0.248 e. The predicted octanol–water partition coefficient (Wildman–Crippen LogP) is 2.99. The highest BCUT2D eigenvalue weighted by atomic mass is 16.2. The Morgan fingerprint density at radius 2 is 1.94 bits per heavy atom. The zero-order valence-corrected chi connectivity index (χ0v) is 10.4. The summed E-state index contributed by atoms with van der Waals surface area (Å²) < 4.78 is 0. The van der Waals surface area contributed by atoms with Gasteiger partial charge in [-0.25, -0.2) is 0 Å². The normalized spacial score (nSPS) is 18.9. The minimum atomic E-state index is -0.337. The molecule has 18 heavy (non-hydrogen) atoms. The Balaban J connectivity index is 2.33. The average molecular weight is 238 g/mol. The van der Waals surface area contributed by atoms with Crippen LogP contribution in [0.25, 0.3) is 10.8 Å². The van der Waals surface area contributed by atoms with Crippen LogP contribution in [0.2, 0.25) is 0 Å². The smallest absolute Gasteiger partial charge is 0.248 e. The van der Waals surface area contributed by atoms with Crippen LogP contribution in [0.1, 0.15) is 19.4 Å². The maximum atomic E-state index is 11.9. The molecule has 1 atom stereocenters. The van der Waals surface area contributed by atoms with Crippen LogP contribution in [0.4, 0.5) is 5.69 Å². The Hall–Kier alpha value is -2.16. The number of nitrogens with one attached hydrogen (secondary N) is 1. The van der Waals surface area contributed by atoms with Crippen molar-refractivity contribution in [2.75, 3.05) is 5.32 Å². The molecule has 3 heteroatoms.